The van der Waals surface area contributed by atoms with E-state index in [1.54, 1.807) is 36.4 Å². The molecule has 0 radical (unpaired) electrons. The Morgan fingerprint density at radius 1 is 1.04 bits per heavy atom. The van der Waals surface area contributed by atoms with E-state index >= 15 is 0 Å². The molecular formula is C20H19FN4O3. The average molecular weight is 382 g/mol. The van der Waals surface area contributed by atoms with Crippen LogP contribution in [0.5, 0.6) is 11.5 Å². The molecule has 7 nitrogen and oxygen atoms in total. The summed E-state index contributed by atoms with van der Waals surface area (Å²) < 4.78 is 24.0. The van der Waals surface area contributed by atoms with E-state index in [1.165, 1.54) is 32.7 Å². The molecule has 2 aromatic carbocycles. The Kier molecular flexibility index (Phi) is 6.01. The van der Waals surface area contributed by atoms with Crippen molar-refractivity contribution in [1.82, 2.24) is 9.97 Å². The van der Waals surface area contributed by atoms with E-state index in [1.807, 2.05) is 0 Å². The number of carbonyl (C=O) groups is 1. The molecule has 0 saturated carbocycles. The van der Waals surface area contributed by atoms with Gasteiger partial charge in [-0.25, -0.2) is 14.4 Å². The SMILES string of the molecule is COc1ccc(NC(=O)c2cnc(NCc3ccccc3F)cn2)cc1OC. The first-order chi connectivity index (χ1) is 13.6. The van der Waals surface area contributed by atoms with Crippen molar-refractivity contribution in [2.75, 3.05) is 24.9 Å². The van der Waals surface area contributed by atoms with E-state index in [4.69, 9.17) is 9.47 Å². The molecule has 1 amide bonds. The zero-order chi connectivity index (χ0) is 19.9. The number of ether oxygens (including phenoxy) is 2. The number of hydrogen-bond acceptors (Lipinski definition) is 6. The highest BCUT2D eigenvalue weighted by atomic mass is 19.1. The maximum Gasteiger partial charge on any atom is 0.275 e. The maximum absolute atomic E-state index is 13.6. The largest absolute Gasteiger partial charge is 0.493 e. The van der Waals surface area contributed by atoms with E-state index < -0.39 is 5.91 Å². The van der Waals surface area contributed by atoms with Crippen molar-refractivity contribution in [2.45, 2.75) is 6.54 Å². The quantitative estimate of drug-likeness (QED) is 0.651. The molecule has 0 bridgehead atoms. The fraction of sp³-hybridized carbons (Fsp3) is 0.150. The zero-order valence-electron chi connectivity index (χ0n) is 15.4. The third-order valence-electron chi connectivity index (χ3n) is 3.94. The number of carbonyl (C=O) groups excluding carboxylic acids is 1. The molecule has 0 fully saturated rings. The van der Waals surface area contributed by atoms with Gasteiger partial charge in [0.1, 0.15) is 17.3 Å². The summed E-state index contributed by atoms with van der Waals surface area (Å²) in [5.74, 6) is 0.782. The van der Waals surface area contributed by atoms with Gasteiger partial charge in [-0.1, -0.05) is 18.2 Å². The molecule has 3 aromatic rings. The second kappa shape index (κ2) is 8.81. The van der Waals surface area contributed by atoms with Gasteiger partial charge in [-0.2, -0.15) is 0 Å². The molecule has 144 valence electrons. The van der Waals surface area contributed by atoms with Crippen LogP contribution in [0.25, 0.3) is 0 Å². The molecule has 2 N–H and O–H groups in total. The highest BCUT2D eigenvalue weighted by molar-refractivity contribution is 6.02. The Labute approximate surface area is 161 Å². The molecule has 0 aliphatic rings. The molecule has 0 saturated heterocycles. The van der Waals surface area contributed by atoms with Crippen molar-refractivity contribution >= 4 is 17.4 Å². The average Bonchev–Trinajstić information content (AvgIpc) is 2.73. The highest BCUT2D eigenvalue weighted by Crippen LogP contribution is 2.29. The second-order valence-corrected chi connectivity index (χ2v) is 5.76. The first-order valence-corrected chi connectivity index (χ1v) is 8.43. The lowest BCUT2D eigenvalue weighted by Gasteiger charge is -2.10. The first kappa shape index (κ1) is 19.1. The number of rotatable bonds is 7. The number of nitrogens with zero attached hydrogens (tertiary/aromatic N) is 2. The van der Waals surface area contributed by atoms with Gasteiger partial charge in [0.2, 0.25) is 0 Å². The number of anilines is 2. The van der Waals surface area contributed by atoms with E-state index in [2.05, 4.69) is 20.6 Å². The topological polar surface area (TPSA) is 85.4 Å². The Hall–Kier alpha value is -3.68. The van der Waals surface area contributed by atoms with Crippen LogP contribution in [0.4, 0.5) is 15.9 Å². The monoisotopic (exact) mass is 382 g/mol. The summed E-state index contributed by atoms with van der Waals surface area (Å²) in [5.41, 5.74) is 1.19. The maximum atomic E-state index is 13.6. The van der Waals surface area contributed by atoms with Crippen molar-refractivity contribution in [3.63, 3.8) is 0 Å². The predicted molar refractivity (Wildman–Crippen MR) is 103 cm³/mol. The van der Waals surface area contributed by atoms with Crippen LogP contribution in [0, 0.1) is 5.82 Å². The van der Waals surface area contributed by atoms with E-state index in [0.717, 1.165) is 0 Å². The summed E-state index contributed by atoms with van der Waals surface area (Å²) in [6.45, 7) is 0.262. The van der Waals surface area contributed by atoms with Gasteiger partial charge in [-0.05, 0) is 18.2 Å². The Morgan fingerprint density at radius 2 is 1.82 bits per heavy atom. The lowest BCUT2D eigenvalue weighted by molar-refractivity contribution is 0.102. The fourth-order valence-electron chi connectivity index (χ4n) is 2.47. The van der Waals surface area contributed by atoms with Crippen molar-refractivity contribution in [3.05, 3.63) is 71.9 Å². The number of amides is 1. The third-order valence-corrected chi connectivity index (χ3v) is 3.94. The molecule has 1 aromatic heterocycles. The summed E-state index contributed by atoms with van der Waals surface area (Å²) in [6, 6.07) is 11.5. The van der Waals surface area contributed by atoms with Gasteiger partial charge in [0.05, 0.1) is 26.6 Å². The van der Waals surface area contributed by atoms with Gasteiger partial charge in [-0.3, -0.25) is 4.79 Å². The summed E-state index contributed by atoms with van der Waals surface area (Å²) in [6.07, 6.45) is 2.77. The van der Waals surface area contributed by atoms with Crippen LogP contribution in [0.2, 0.25) is 0 Å². The highest BCUT2D eigenvalue weighted by Gasteiger charge is 2.11. The normalized spacial score (nSPS) is 10.2. The van der Waals surface area contributed by atoms with Crippen molar-refractivity contribution in [3.8, 4) is 11.5 Å². The number of nitrogens with one attached hydrogen (secondary N) is 2. The molecule has 8 heteroatoms. The standard InChI is InChI=1S/C20H19FN4O3/c1-27-17-8-7-14(9-18(17)28-2)25-20(26)16-11-24-19(12-22-16)23-10-13-5-3-4-6-15(13)21/h3-9,11-12H,10H2,1-2H3,(H,23,24)(H,25,26). The summed E-state index contributed by atoms with van der Waals surface area (Å²) in [7, 11) is 3.05. The minimum absolute atomic E-state index is 0.145. The number of benzene rings is 2. The van der Waals surface area contributed by atoms with E-state index in [9.17, 15) is 9.18 Å². The molecule has 0 aliphatic heterocycles. The van der Waals surface area contributed by atoms with Crippen LogP contribution in [0.15, 0.2) is 54.9 Å². The minimum atomic E-state index is -0.416. The van der Waals surface area contributed by atoms with Crippen LogP contribution in [0.1, 0.15) is 16.1 Å². The fourth-order valence-corrected chi connectivity index (χ4v) is 2.47. The predicted octanol–water partition coefficient (Wildman–Crippen LogP) is 3.50. The van der Waals surface area contributed by atoms with Crippen molar-refractivity contribution in [1.29, 1.82) is 0 Å². The Morgan fingerprint density at radius 3 is 2.50 bits per heavy atom. The summed E-state index contributed by atoms with van der Waals surface area (Å²) in [5, 5.41) is 5.69. The van der Waals surface area contributed by atoms with Crippen LogP contribution in [-0.4, -0.2) is 30.1 Å². The van der Waals surface area contributed by atoms with Gasteiger partial charge in [0, 0.05) is 23.9 Å². The van der Waals surface area contributed by atoms with Gasteiger partial charge in [0.15, 0.2) is 11.5 Å². The minimum Gasteiger partial charge on any atom is -0.493 e. The first-order valence-electron chi connectivity index (χ1n) is 8.43. The molecule has 1 heterocycles. The molecule has 3 rings (SSSR count). The van der Waals surface area contributed by atoms with Gasteiger partial charge in [-0.15, -0.1) is 0 Å². The zero-order valence-corrected chi connectivity index (χ0v) is 15.4. The Bertz CT molecular complexity index is 964. The number of methoxy groups -OCH3 is 2. The molecule has 0 atom stereocenters. The van der Waals surface area contributed by atoms with Gasteiger partial charge in [0.25, 0.3) is 5.91 Å². The number of hydrogen-bond donors (Lipinski definition) is 2. The molecular weight excluding hydrogens is 363 g/mol. The third kappa shape index (κ3) is 4.53. The van der Waals surface area contributed by atoms with Crippen molar-refractivity contribution < 1.29 is 18.7 Å². The molecule has 0 unspecified atom stereocenters. The second-order valence-electron chi connectivity index (χ2n) is 5.76. The van der Waals surface area contributed by atoms with Crippen LogP contribution in [0.3, 0.4) is 0 Å². The van der Waals surface area contributed by atoms with E-state index in [-0.39, 0.29) is 18.1 Å². The number of aromatic nitrogens is 2. The summed E-state index contributed by atoms with van der Waals surface area (Å²) in [4.78, 5) is 20.6. The van der Waals surface area contributed by atoms with Crippen LogP contribution in [-0.2, 0) is 6.54 Å². The Balaban J connectivity index is 1.63. The molecule has 0 spiro atoms. The van der Waals surface area contributed by atoms with Crippen LogP contribution >= 0.6 is 0 Å². The van der Waals surface area contributed by atoms with Gasteiger partial charge >= 0.3 is 0 Å². The number of halogens is 1. The van der Waals surface area contributed by atoms with Gasteiger partial charge < -0.3 is 20.1 Å². The van der Waals surface area contributed by atoms with E-state index in [0.29, 0.717) is 28.6 Å². The van der Waals surface area contributed by atoms with Crippen LogP contribution < -0.4 is 20.1 Å². The smallest absolute Gasteiger partial charge is 0.275 e. The molecule has 28 heavy (non-hydrogen) atoms. The lowest BCUT2D eigenvalue weighted by atomic mass is 10.2. The lowest BCUT2D eigenvalue weighted by Crippen LogP contribution is -2.14. The summed E-state index contributed by atoms with van der Waals surface area (Å²) >= 11 is 0. The van der Waals surface area contributed by atoms with Crippen molar-refractivity contribution in [2.24, 2.45) is 0 Å². The molecule has 0 aliphatic carbocycles.